The Morgan fingerprint density at radius 1 is 1.23 bits per heavy atom. The third-order valence-corrected chi connectivity index (χ3v) is 2.81. The van der Waals surface area contributed by atoms with Crippen molar-refractivity contribution in [2.75, 3.05) is 13.2 Å². The molecule has 3 heteroatoms. The second kappa shape index (κ2) is 5.58. The molecule has 0 bridgehead atoms. The van der Waals surface area contributed by atoms with Gasteiger partial charge in [-0.1, -0.05) is 19.8 Å². The van der Waals surface area contributed by atoms with E-state index in [-0.39, 0.29) is 25.4 Å². The minimum absolute atomic E-state index is 0.0836. The summed E-state index contributed by atoms with van der Waals surface area (Å²) in [6.07, 6.45) is 4.61. The normalized spacial score (nSPS) is 29.5. The highest BCUT2D eigenvalue weighted by molar-refractivity contribution is 4.74. The number of aliphatic hydroxyl groups is 2. The van der Waals surface area contributed by atoms with Gasteiger partial charge in [0.2, 0.25) is 0 Å². The maximum Gasteiger partial charge on any atom is 0.104 e. The number of rotatable bonds is 4. The zero-order valence-corrected chi connectivity index (χ0v) is 8.28. The molecule has 1 rings (SSSR count). The third kappa shape index (κ3) is 3.25. The monoisotopic (exact) mass is 188 g/mol. The maximum atomic E-state index is 8.86. The summed E-state index contributed by atoms with van der Waals surface area (Å²) in [5, 5.41) is 17.7. The van der Waals surface area contributed by atoms with Crippen molar-refractivity contribution in [2.45, 2.75) is 44.8 Å². The van der Waals surface area contributed by atoms with Gasteiger partial charge >= 0.3 is 0 Å². The van der Waals surface area contributed by atoms with E-state index in [9.17, 15) is 0 Å². The van der Waals surface area contributed by atoms with Crippen molar-refractivity contribution in [1.82, 2.24) is 0 Å². The smallest absolute Gasteiger partial charge is 0.104 e. The van der Waals surface area contributed by atoms with Crippen molar-refractivity contribution in [3.63, 3.8) is 0 Å². The van der Waals surface area contributed by atoms with Crippen molar-refractivity contribution >= 4 is 0 Å². The first-order valence-electron chi connectivity index (χ1n) is 5.15. The fourth-order valence-corrected chi connectivity index (χ4v) is 1.88. The Labute approximate surface area is 79.7 Å². The standard InChI is InChI=1S/C10H20O3/c1-8-4-2-3-5-10(8)13-9(6-11)7-12/h8-12H,2-7H2,1H3. The lowest BCUT2D eigenvalue weighted by atomic mass is 9.88. The van der Waals surface area contributed by atoms with Crippen LogP contribution in [-0.4, -0.2) is 35.6 Å². The van der Waals surface area contributed by atoms with Crippen molar-refractivity contribution in [2.24, 2.45) is 5.92 Å². The molecular weight excluding hydrogens is 168 g/mol. The van der Waals surface area contributed by atoms with Crippen LogP contribution >= 0.6 is 0 Å². The molecule has 2 unspecified atom stereocenters. The Kier molecular flexibility index (Phi) is 4.70. The van der Waals surface area contributed by atoms with Crippen LogP contribution in [0.4, 0.5) is 0 Å². The van der Waals surface area contributed by atoms with E-state index in [0.29, 0.717) is 5.92 Å². The predicted molar refractivity (Wildman–Crippen MR) is 50.5 cm³/mol. The van der Waals surface area contributed by atoms with E-state index < -0.39 is 0 Å². The summed E-state index contributed by atoms with van der Waals surface area (Å²) in [5.74, 6) is 0.564. The number of aliphatic hydroxyl groups excluding tert-OH is 2. The summed E-state index contributed by atoms with van der Waals surface area (Å²) < 4.78 is 5.60. The summed E-state index contributed by atoms with van der Waals surface area (Å²) >= 11 is 0. The molecule has 1 saturated carbocycles. The maximum absolute atomic E-state index is 8.86. The minimum atomic E-state index is -0.384. The molecule has 0 radical (unpaired) electrons. The second-order valence-corrected chi connectivity index (χ2v) is 3.92. The zero-order chi connectivity index (χ0) is 9.68. The van der Waals surface area contributed by atoms with Gasteiger partial charge in [-0.2, -0.15) is 0 Å². The number of ether oxygens (including phenoxy) is 1. The summed E-state index contributed by atoms with van der Waals surface area (Å²) in [5.41, 5.74) is 0. The molecule has 0 amide bonds. The molecule has 1 fully saturated rings. The molecule has 2 atom stereocenters. The molecule has 2 N–H and O–H groups in total. The molecule has 1 aliphatic carbocycles. The molecule has 3 nitrogen and oxygen atoms in total. The highest BCUT2D eigenvalue weighted by Gasteiger charge is 2.24. The highest BCUT2D eigenvalue weighted by atomic mass is 16.5. The van der Waals surface area contributed by atoms with Gasteiger partial charge in [-0.15, -0.1) is 0 Å². The van der Waals surface area contributed by atoms with Crippen LogP contribution in [0.2, 0.25) is 0 Å². The molecule has 0 saturated heterocycles. The summed E-state index contributed by atoms with van der Waals surface area (Å²) in [6, 6.07) is 0. The van der Waals surface area contributed by atoms with Crippen LogP contribution in [0.5, 0.6) is 0 Å². The van der Waals surface area contributed by atoms with Gasteiger partial charge in [-0.3, -0.25) is 0 Å². The van der Waals surface area contributed by atoms with Gasteiger partial charge in [0.25, 0.3) is 0 Å². The van der Waals surface area contributed by atoms with E-state index in [1.165, 1.54) is 19.3 Å². The number of hydrogen-bond donors (Lipinski definition) is 2. The van der Waals surface area contributed by atoms with Crippen LogP contribution in [0.15, 0.2) is 0 Å². The summed E-state index contributed by atoms with van der Waals surface area (Å²) in [7, 11) is 0. The van der Waals surface area contributed by atoms with E-state index in [0.717, 1.165) is 6.42 Å². The van der Waals surface area contributed by atoms with E-state index in [4.69, 9.17) is 14.9 Å². The Bertz CT molecular complexity index is 134. The van der Waals surface area contributed by atoms with E-state index in [1.807, 2.05) is 0 Å². The topological polar surface area (TPSA) is 49.7 Å². The Morgan fingerprint density at radius 3 is 2.38 bits per heavy atom. The molecule has 0 aromatic carbocycles. The van der Waals surface area contributed by atoms with Gasteiger partial charge in [0.15, 0.2) is 0 Å². The van der Waals surface area contributed by atoms with Crippen LogP contribution < -0.4 is 0 Å². The molecule has 1 aliphatic rings. The fraction of sp³-hybridized carbons (Fsp3) is 1.00. The van der Waals surface area contributed by atoms with Crippen molar-refractivity contribution in [1.29, 1.82) is 0 Å². The second-order valence-electron chi connectivity index (χ2n) is 3.92. The molecule has 13 heavy (non-hydrogen) atoms. The lowest BCUT2D eigenvalue weighted by Crippen LogP contribution is -2.33. The van der Waals surface area contributed by atoms with Gasteiger partial charge in [-0.05, 0) is 18.8 Å². The largest absolute Gasteiger partial charge is 0.394 e. The average Bonchev–Trinajstić information content (AvgIpc) is 2.17. The first-order chi connectivity index (χ1) is 6.27. The van der Waals surface area contributed by atoms with Gasteiger partial charge in [0.1, 0.15) is 6.10 Å². The van der Waals surface area contributed by atoms with E-state index in [2.05, 4.69) is 6.92 Å². The van der Waals surface area contributed by atoms with Gasteiger partial charge in [-0.25, -0.2) is 0 Å². The lowest BCUT2D eigenvalue weighted by Gasteiger charge is -2.31. The summed E-state index contributed by atoms with van der Waals surface area (Å²) in [4.78, 5) is 0. The first kappa shape index (κ1) is 11.0. The van der Waals surface area contributed by atoms with E-state index in [1.54, 1.807) is 0 Å². The van der Waals surface area contributed by atoms with E-state index >= 15 is 0 Å². The zero-order valence-electron chi connectivity index (χ0n) is 8.28. The Balaban J connectivity index is 2.32. The molecule has 0 heterocycles. The molecule has 0 aromatic rings. The first-order valence-corrected chi connectivity index (χ1v) is 5.15. The molecule has 0 aromatic heterocycles. The molecule has 0 aliphatic heterocycles. The molecular formula is C10H20O3. The Morgan fingerprint density at radius 2 is 1.85 bits per heavy atom. The molecule has 78 valence electrons. The van der Waals surface area contributed by atoms with Crippen LogP contribution in [0, 0.1) is 5.92 Å². The third-order valence-electron chi connectivity index (χ3n) is 2.81. The van der Waals surface area contributed by atoms with Gasteiger partial charge in [0.05, 0.1) is 19.3 Å². The fourth-order valence-electron chi connectivity index (χ4n) is 1.88. The quantitative estimate of drug-likeness (QED) is 0.690. The van der Waals surface area contributed by atoms with Crippen LogP contribution in [0.3, 0.4) is 0 Å². The highest BCUT2D eigenvalue weighted by Crippen LogP contribution is 2.26. The van der Waals surface area contributed by atoms with Crippen LogP contribution in [0.25, 0.3) is 0 Å². The molecule has 0 spiro atoms. The van der Waals surface area contributed by atoms with Crippen molar-refractivity contribution < 1.29 is 14.9 Å². The van der Waals surface area contributed by atoms with Gasteiger partial charge < -0.3 is 14.9 Å². The van der Waals surface area contributed by atoms with Crippen LogP contribution in [-0.2, 0) is 4.74 Å². The average molecular weight is 188 g/mol. The number of hydrogen-bond acceptors (Lipinski definition) is 3. The Hall–Kier alpha value is -0.120. The lowest BCUT2D eigenvalue weighted by molar-refractivity contribution is -0.0923. The van der Waals surface area contributed by atoms with Gasteiger partial charge in [0, 0.05) is 0 Å². The minimum Gasteiger partial charge on any atom is -0.394 e. The van der Waals surface area contributed by atoms with Crippen molar-refractivity contribution in [3.05, 3.63) is 0 Å². The van der Waals surface area contributed by atoms with Crippen molar-refractivity contribution in [3.8, 4) is 0 Å². The predicted octanol–water partition coefficient (Wildman–Crippen LogP) is 0.935. The SMILES string of the molecule is CC1CCCCC1OC(CO)CO. The van der Waals surface area contributed by atoms with Crippen LogP contribution in [0.1, 0.15) is 32.6 Å². The summed E-state index contributed by atoms with van der Waals surface area (Å²) in [6.45, 7) is 2.01.